The summed E-state index contributed by atoms with van der Waals surface area (Å²) in [6.07, 6.45) is 3.45. The van der Waals surface area contributed by atoms with Crippen LogP contribution >= 0.6 is 11.8 Å². The van der Waals surface area contributed by atoms with E-state index in [9.17, 15) is 8.42 Å². The molecule has 22 heavy (non-hydrogen) atoms. The lowest BCUT2D eigenvalue weighted by molar-refractivity contribution is 0.586. The van der Waals surface area contributed by atoms with Crippen molar-refractivity contribution in [3.63, 3.8) is 0 Å². The molecule has 7 heteroatoms. The van der Waals surface area contributed by atoms with Crippen molar-refractivity contribution in [3.8, 4) is 0 Å². The van der Waals surface area contributed by atoms with Crippen LogP contribution in [0.1, 0.15) is 5.56 Å². The fourth-order valence-corrected chi connectivity index (χ4v) is 4.23. The van der Waals surface area contributed by atoms with Crippen LogP contribution in [0.5, 0.6) is 0 Å². The Kier molecular flexibility index (Phi) is 4.63. The normalized spacial score (nSPS) is 17.4. The fourth-order valence-electron chi connectivity index (χ4n) is 2.23. The Morgan fingerprint density at radius 3 is 2.55 bits per heavy atom. The van der Waals surface area contributed by atoms with E-state index in [1.165, 1.54) is 5.56 Å². The van der Waals surface area contributed by atoms with Gasteiger partial charge in [0.1, 0.15) is 10.8 Å². The molecule has 0 radical (unpaired) electrons. The molecular weight excluding hydrogens is 318 g/mol. The zero-order valence-electron chi connectivity index (χ0n) is 12.1. The maximum Gasteiger partial charge on any atom is 0.153 e. The first-order chi connectivity index (χ1) is 10.6. The Morgan fingerprint density at radius 1 is 1.09 bits per heavy atom. The number of sulfone groups is 1. The predicted octanol–water partition coefficient (Wildman–Crippen LogP) is 2.00. The lowest BCUT2D eigenvalue weighted by Crippen LogP contribution is -2.40. The monoisotopic (exact) mass is 335 g/mol. The highest BCUT2D eigenvalue weighted by molar-refractivity contribution is 7.98. The van der Waals surface area contributed by atoms with Gasteiger partial charge in [0, 0.05) is 18.8 Å². The van der Waals surface area contributed by atoms with Crippen molar-refractivity contribution in [2.45, 2.75) is 10.8 Å². The first-order valence-corrected chi connectivity index (χ1v) is 9.87. The maximum absolute atomic E-state index is 11.5. The third kappa shape index (κ3) is 3.98. The van der Waals surface area contributed by atoms with Crippen LogP contribution < -0.4 is 4.90 Å². The Balaban J connectivity index is 1.65. The van der Waals surface area contributed by atoms with Crippen LogP contribution in [0.4, 0.5) is 5.82 Å². The van der Waals surface area contributed by atoms with E-state index in [1.54, 1.807) is 24.2 Å². The van der Waals surface area contributed by atoms with Crippen molar-refractivity contribution >= 4 is 27.4 Å². The molecule has 5 nitrogen and oxygen atoms in total. The number of thioether (sulfide) groups is 1. The number of hydrogen-bond donors (Lipinski definition) is 0. The molecule has 0 bridgehead atoms. The van der Waals surface area contributed by atoms with Crippen LogP contribution in [0.3, 0.4) is 0 Å². The van der Waals surface area contributed by atoms with E-state index in [-0.39, 0.29) is 11.5 Å². The Bertz CT molecular complexity index is 721. The quantitative estimate of drug-likeness (QED) is 0.797. The molecule has 0 amide bonds. The van der Waals surface area contributed by atoms with Gasteiger partial charge in [-0.3, -0.25) is 4.98 Å². The minimum absolute atomic E-state index is 0.191. The Labute approximate surface area is 134 Å². The van der Waals surface area contributed by atoms with Gasteiger partial charge in [0.25, 0.3) is 0 Å². The van der Waals surface area contributed by atoms with E-state index in [1.807, 2.05) is 23.1 Å². The van der Waals surface area contributed by atoms with Crippen molar-refractivity contribution in [2.75, 3.05) is 29.5 Å². The lowest BCUT2D eigenvalue weighted by atomic mass is 10.2. The number of benzene rings is 1. The first kappa shape index (κ1) is 15.3. The minimum atomic E-state index is -2.88. The van der Waals surface area contributed by atoms with Crippen molar-refractivity contribution in [1.29, 1.82) is 0 Å². The van der Waals surface area contributed by atoms with Gasteiger partial charge in [-0.1, -0.05) is 30.3 Å². The van der Waals surface area contributed by atoms with E-state index in [2.05, 4.69) is 22.1 Å². The molecule has 3 rings (SSSR count). The number of rotatable bonds is 4. The molecular formula is C15H17N3O2S2. The summed E-state index contributed by atoms with van der Waals surface area (Å²) in [6, 6.07) is 10.2. The van der Waals surface area contributed by atoms with Gasteiger partial charge in [-0.15, -0.1) is 11.8 Å². The predicted molar refractivity (Wildman–Crippen MR) is 88.9 cm³/mol. The average molecular weight is 335 g/mol. The molecule has 1 aromatic heterocycles. The molecule has 1 fully saturated rings. The summed E-state index contributed by atoms with van der Waals surface area (Å²) in [5.41, 5.74) is 1.24. The van der Waals surface area contributed by atoms with Crippen LogP contribution in [0.15, 0.2) is 47.8 Å². The molecule has 0 saturated carbocycles. The van der Waals surface area contributed by atoms with Crippen LogP contribution in [0.2, 0.25) is 0 Å². The summed E-state index contributed by atoms with van der Waals surface area (Å²) < 4.78 is 23.0. The average Bonchev–Trinajstić information content (AvgIpc) is 2.54. The highest BCUT2D eigenvalue weighted by Gasteiger charge is 2.22. The van der Waals surface area contributed by atoms with Crippen molar-refractivity contribution in [1.82, 2.24) is 9.97 Å². The summed E-state index contributed by atoms with van der Waals surface area (Å²) in [4.78, 5) is 10.8. The fraction of sp³-hybridized carbons (Fsp3) is 0.333. The van der Waals surface area contributed by atoms with Gasteiger partial charge in [-0.25, -0.2) is 13.4 Å². The molecule has 0 N–H and O–H groups in total. The van der Waals surface area contributed by atoms with Crippen LogP contribution in [0, 0.1) is 0 Å². The van der Waals surface area contributed by atoms with Gasteiger partial charge in [0.05, 0.1) is 23.9 Å². The zero-order valence-corrected chi connectivity index (χ0v) is 13.7. The minimum Gasteiger partial charge on any atom is -0.353 e. The number of anilines is 1. The van der Waals surface area contributed by atoms with Gasteiger partial charge in [-0.05, 0) is 5.56 Å². The highest BCUT2D eigenvalue weighted by Crippen LogP contribution is 2.23. The molecule has 1 saturated heterocycles. The van der Waals surface area contributed by atoms with Crippen LogP contribution in [-0.4, -0.2) is 43.0 Å². The van der Waals surface area contributed by atoms with Gasteiger partial charge in [-0.2, -0.15) is 0 Å². The van der Waals surface area contributed by atoms with Gasteiger partial charge in [0.15, 0.2) is 9.84 Å². The standard InChI is InChI=1S/C15H17N3O2S2/c19-22(20)8-6-18(7-9-22)14-10-16-11-15(17-14)21-12-13-4-2-1-3-5-13/h1-5,10-11H,6-9,12H2. The largest absolute Gasteiger partial charge is 0.353 e. The Morgan fingerprint density at radius 2 is 1.82 bits per heavy atom. The second-order valence-electron chi connectivity index (χ2n) is 5.13. The molecule has 2 aromatic rings. The SMILES string of the molecule is O=S1(=O)CCN(c2cncc(SCc3ccccc3)n2)CC1. The third-order valence-corrected chi connectivity index (χ3v) is 6.08. The summed E-state index contributed by atoms with van der Waals surface area (Å²) in [7, 11) is -2.88. The van der Waals surface area contributed by atoms with E-state index in [4.69, 9.17) is 0 Å². The molecule has 1 aliphatic rings. The summed E-state index contributed by atoms with van der Waals surface area (Å²) in [5, 5.41) is 0.856. The Hall–Kier alpha value is -1.60. The van der Waals surface area contributed by atoms with Gasteiger partial charge >= 0.3 is 0 Å². The maximum atomic E-state index is 11.5. The summed E-state index contributed by atoms with van der Waals surface area (Å²) in [6.45, 7) is 0.980. The molecule has 0 aliphatic carbocycles. The molecule has 1 aromatic carbocycles. The molecule has 116 valence electrons. The molecule has 0 atom stereocenters. The van der Waals surface area contributed by atoms with E-state index in [0.717, 1.165) is 16.6 Å². The van der Waals surface area contributed by atoms with E-state index < -0.39 is 9.84 Å². The van der Waals surface area contributed by atoms with Gasteiger partial charge in [0.2, 0.25) is 0 Å². The summed E-state index contributed by atoms with van der Waals surface area (Å²) >= 11 is 1.63. The van der Waals surface area contributed by atoms with E-state index >= 15 is 0 Å². The van der Waals surface area contributed by atoms with Gasteiger partial charge < -0.3 is 4.90 Å². The second-order valence-corrected chi connectivity index (χ2v) is 8.43. The topological polar surface area (TPSA) is 63.2 Å². The molecule has 1 aliphatic heterocycles. The van der Waals surface area contributed by atoms with Crippen molar-refractivity contribution in [2.24, 2.45) is 0 Å². The first-order valence-electron chi connectivity index (χ1n) is 7.06. The lowest BCUT2D eigenvalue weighted by Gasteiger charge is -2.27. The molecule has 0 unspecified atom stereocenters. The smallest absolute Gasteiger partial charge is 0.153 e. The number of nitrogens with zero attached hydrogens (tertiary/aromatic N) is 3. The van der Waals surface area contributed by atoms with Crippen molar-refractivity contribution < 1.29 is 8.42 Å². The van der Waals surface area contributed by atoms with Crippen molar-refractivity contribution in [3.05, 3.63) is 48.3 Å². The highest BCUT2D eigenvalue weighted by atomic mass is 32.2. The molecule has 0 spiro atoms. The molecule has 2 heterocycles. The number of aromatic nitrogens is 2. The van der Waals surface area contributed by atoms with E-state index in [0.29, 0.717) is 13.1 Å². The third-order valence-electron chi connectivity index (χ3n) is 3.50. The number of hydrogen-bond acceptors (Lipinski definition) is 6. The zero-order chi connectivity index (χ0) is 15.4. The summed E-state index contributed by atoms with van der Waals surface area (Å²) in [5.74, 6) is 1.98. The van der Waals surface area contributed by atoms with Crippen LogP contribution in [0.25, 0.3) is 0 Å². The van der Waals surface area contributed by atoms with Crippen LogP contribution in [-0.2, 0) is 15.6 Å². The second kappa shape index (κ2) is 6.66.